The van der Waals surface area contributed by atoms with Crippen LogP contribution in [0.1, 0.15) is 31.4 Å². The van der Waals surface area contributed by atoms with Gasteiger partial charge in [-0.25, -0.2) is 13.1 Å². The Hall–Kier alpha value is -0.560. The van der Waals surface area contributed by atoms with E-state index < -0.39 is 10.0 Å². The highest BCUT2D eigenvalue weighted by atomic mass is 32.2. The van der Waals surface area contributed by atoms with E-state index in [-0.39, 0.29) is 5.75 Å². The van der Waals surface area contributed by atoms with Crippen molar-refractivity contribution in [2.45, 2.75) is 38.6 Å². The summed E-state index contributed by atoms with van der Waals surface area (Å²) >= 11 is 1.72. The molecule has 1 rings (SSSR count). The number of rotatable bonds is 10. The first-order valence-electron chi connectivity index (χ1n) is 7.20. The molecule has 1 aromatic carbocycles. The number of benzene rings is 1. The largest absolute Gasteiger partial charge is 0.310 e. The van der Waals surface area contributed by atoms with Gasteiger partial charge in [0.25, 0.3) is 0 Å². The zero-order valence-corrected chi connectivity index (χ0v) is 14.7. The Morgan fingerprint density at radius 3 is 2.33 bits per heavy atom. The minimum absolute atomic E-state index is 0.0458. The van der Waals surface area contributed by atoms with E-state index in [1.165, 1.54) is 0 Å². The third kappa shape index (κ3) is 8.46. The summed E-state index contributed by atoms with van der Waals surface area (Å²) in [5.41, 5.74) is 1.98. The first-order valence-corrected chi connectivity index (χ1v) is 10.2. The van der Waals surface area contributed by atoms with Gasteiger partial charge in [0.1, 0.15) is 0 Å². The van der Waals surface area contributed by atoms with Gasteiger partial charge in [0.2, 0.25) is 10.0 Å². The SMILES string of the molecule is CSCCCNS(=O)(=O)Cc1ccc(CNC(C)C)cc1. The molecule has 0 spiro atoms. The van der Waals surface area contributed by atoms with Crippen LogP contribution in [0, 0.1) is 0 Å². The molecule has 0 fully saturated rings. The Kier molecular flexibility index (Phi) is 8.33. The third-order valence-electron chi connectivity index (χ3n) is 2.94. The summed E-state index contributed by atoms with van der Waals surface area (Å²) < 4.78 is 26.5. The van der Waals surface area contributed by atoms with Gasteiger partial charge in [0, 0.05) is 19.1 Å². The van der Waals surface area contributed by atoms with Gasteiger partial charge < -0.3 is 5.32 Å². The first-order chi connectivity index (χ1) is 9.93. The number of thioether (sulfide) groups is 1. The van der Waals surface area contributed by atoms with Crippen molar-refractivity contribution in [2.24, 2.45) is 0 Å². The monoisotopic (exact) mass is 330 g/mol. The quantitative estimate of drug-likeness (QED) is 0.647. The van der Waals surface area contributed by atoms with E-state index in [0.29, 0.717) is 12.6 Å². The average Bonchev–Trinajstić information content (AvgIpc) is 2.42. The molecule has 0 aromatic heterocycles. The summed E-state index contributed by atoms with van der Waals surface area (Å²) in [6.07, 6.45) is 2.88. The molecule has 4 nitrogen and oxygen atoms in total. The predicted octanol–water partition coefficient (Wildman–Crippen LogP) is 2.36. The lowest BCUT2D eigenvalue weighted by Gasteiger charge is -2.09. The van der Waals surface area contributed by atoms with Gasteiger partial charge in [-0.15, -0.1) is 0 Å². The molecule has 21 heavy (non-hydrogen) atoms. The molecular weight excluding hydrogens is 304 g/mol. The first kappa shape index (κ1) is 18.5. The highest BCUT2D eigenvalue weighted by Crippen LogP contribution is 2.08. The van der Waals surface area contributed by atoms with Gasteiger partial charge in [-0.2, -0.15) is 11.8 Å². The molecular formula is C15H26N2O2S2. The van der Waals surface area contributed by atoms with Gasteiger partial charge in [0.15, 0.2) is 0 Å². The minimum atomic E-state index is -3.23. The van der Waals surface area contributed by atoms with E-state index in [1.807, 2.05) is 30.5 Å². The summed E-state index contributed by atoms with van der Waals surface area (Å²) in [5.74, 6) is 1.02. The van der Waals surface area contributed by atoms with E-state index in [9.17, 15) is 8.42 Å². The highest BCUT2D eigenvalue weighted by Gasteiger charge is 2.10. The van der Waals surface area contributed by atoms with Gasteiger partial charge in [-0.1, -0.05) is 38.1 Å². The molecule has 0 bridgehead atoms. The minimum Gasteiger partial charge on any atom is -0.310 e. The topological polar surface area (TPSA) is 58.2 Å². The van der Waals surface area contributed by atoms with Gasteiger partial charge in [0.05, 0.1) is 5.75 Å². The van der Waals surface area contributed by atoms with Crippen molar-refractivity contribution < 1.29 is 8.42 Å². The number of hydrogen-bond acceptors (Lipinski definition) is 4. The van der Waals surface area contributed by atoms with E-state index >= 15 is 0 Å². The van der Waals surface area contributed by atoms with E-state index in [0.717, 1.165) is 29.8 Å². The molecule has 0 saturated carbocycles. The van der Waals surface area contributed by atoms with Crippen LogP contribution in [0.15, 0.2) is 24.3 Å². The normalized spacial score (nSPS) is 12.0. The highest BCUT2D eigenvalue weighted by molar-refractivity contribution is 7.98. The second kappa shape index (κ2) is 9.46. The molecule has 0 aliphatic carbocycles. The molecule has 120 valence electrons. The number of hydrogen-bond donors (Lipinski definition) is 2. The Morgan fingerprint density at radius 1 is 1.14 bits per heavy atom. The standard InChI is InChI=1S/C15H26N2O2S2/c1-13(2)16-11-14-5-7-15(8-6-14)12-21(18,19)17-9-4-10-20-3/h5-8,13,16-17H,4,9-12H2,1-3H3. The van der Waals surface area contributed by atoms with Crippen LogP contribution in [-0.4, -0.2) is 33.0 Å². The Balaban J connectivity index is 2.46. The molecule has 1 aromatic rings. The van der Waals surface area contributed by atoms with Crippen molar-refractivity contribution in [1.82, 2.24) is 10.0 Å². The lowest BCUT2D eigenvalue weighted by Crippen LogP contribution is -2.26. The van der Waals surface area contributed by atoms with Crippen molar-refractivity contribution in [3.63, 3.8) is 0 Å². The maximum absolute atomic E-state index is 11.9. The maximum Gasteiger partial charge on any atom is 0.215 e. The van der Waals surface area contributed by atoms with Crippen molar-refractivity contribution in [1.29, 1.82) is 0 Å². The smallest absolute Gasteiger partial charge is 0.215 e. The number of nitrogens with one attached hydrogen (secondary N) is 2. The van der Waals surface area contributed by atoms with Gasteiger partial charge in [-0.3, -0.25) is 0 Å². The predicted molar refractivity (Wildman–Crippen MR) is 92.0 cm³/mol. The van der Waals surface area contributed by atoms with Crippen molar-refractivity contribution in [2.75, 3.05) is 18.6 Å². The Morgan fingerprint density at radius 2 is 1.76 bits per heavy atom. The van der Waals surface area contributed by atoms with Crippen LogP contribution in [0.4, 0.5) is 0 Å². The Bertz CT molecular complexity index is 499. The summed E-state index contributed by atoms with van der Waals surface area (Å²) in [7, 11) is -3.23. The fourth-order valence-electron chi connectivity index (χ4n) is 1.79. The van der Waals surface area contributed by atoms with E-state index in [2.05, 4.69) is 23.9 Å². The molecule has 0 aliphatic heterocycles. The van der Waals surface area contributed by atoms with Crippen LogP contribution in [0.25, 0.3) is 0 Å². The molecule has 0 atom stereocenters. The van der Waals surface area contributed by atoms with Crippen LogP contribution in [0.3, 0.4) is 0 Å². The lowest BCUT2D eigenvalue weighted by molar-refractivity contribution is 0.580. The lowest BCUT2D eigenvalue weighted by atomic mass is 10.1. The molecule has 6 heteroatoms. The second-order valence-corrected chi connectivity index (χ2v) is 8.14. The molecule has 0 amide bonds. The van der Waals surface area contributed by atoms with Gasteiger partial charge in [-0.05, 0) is 29.6 Å². The maximum atomic E-state index is 11.9. The molecule has 0 radical (unpaired) electrons. The molecule has 0 aliphatic rings. The van der Waals surface area contributed by atoms with E-state index in [4.69, 9.17) is 0 Å². The van der Waals surface area contributed by atoms with Crippen molar-refractivity contribution in [3.8, 4) is 0 Å². The van der Waals surface area contributed by atoms with Crippen LogP contribution < -0.4 is 10.0 Å². The average molecular weight is 331 g/mol. The van der Waals surface area contributed by atoms with Crippen molar-refractivity contribution in [3.05, 3.63) is 35.4 Å². The summed E-state index contributed by atoms with van der Waals surface area (Å²) in [6, 6.07) is 8.18. The zero-order chi connectivity index (χ0) is 15.7. The molecule has 2 N–H and O–H groups in total. The fourth-order valence-corrected chi connectivity index (χ4v) is 3.41. The summed E-state index contributed by atoms with van der Waals surface area (Å²) in [5, 5.41) is 3.34. The summed E-state index contributed by atoms with van der Waals surface area (Å²) in [4.78, 5) is 0. The van der Waals surface area contributed by atoms with Crippen LogP contribution in [0.5, 0.6) is 0 Å². The molecule has 0 unspecified atom stereocenters. The molecule has 0 heterocycles. The van der Waals surface area contributed by atoms with Crippen LogP contribution in [-0.2, 0) is 22.3 Å². The van der Waals surface area contributed by atoms with Crippen LogP contribution >= 0.6 is 11.8 Å². The second-order valence-electron chi connectivity index (χ2n) is 5.35. The van der Waals surface area contributed by atoms with Gasteiger partial charge >= 0.3 is 0 Å². The number of sulfonamides is 1. The fraction of sp³-hybridized carbons (Fsp3) is 0.600. The third-order valence-corrected chi connectivity index (χ3v) is 5.00. The van der Waals surface area contributed by atoms with E-state index in [1.54, 1.807) is 11.8 Å². The summed E-state index contributed by atoms with van der Waals surface area (Å²) in [6.45, 7) is 5.52. The van der Waals surface area contributed by atoms with Crippen molar-refractivity contribution >= 4 is 21.8 Å². The zero-order valence-electron chi connectivity index (χ0n) is 13.1. The Labute approximate surface area is 133 Å². The van der Waals surface area contributed by atoms with Crippen LogP contribution in [0.2, 0.25) is 0 Å². The molecule has 0 saturated heterocycles.